The highest BCUT2D eigenvalue weighted by Gasteiger charge is 2.38. The molecular weight excluding hydrogens is 403 g/mol. The Kier molecular flexibility index (Phi) is 4.79. The summed E-state index contributed by atoms with van der Waals surface area (Å²) in [6, 6.07) is 9.98. The van der Waals surface area contributed by atoms with Gasteiger partial charge in [-0.3, -0.25) is 9.79 Å². The highest BCUT2D eigenvalue weighted by Crippen LogP contribution is 2.41. The van der Waals surface area contributed by atoms with Crippen molar-refractivity contribution >= 4 is 40.0 Å². The molecule has 2 N–H and O–H groups in total. The standard InChI is InChI=1S/C19H14F3N5OS/c1-10(28)24-13-4-2-3-11(7-13)17-26-27-18(29-17)25-15-6-5-12-8-23-9-14(12)16(15)19(20,21)22/h2-7,9H,8H2,1H3,(H,24,28)(H,25,27). The summed E-state index contributed by atoms with van der Waals surface area (Å²) in [5.41, 5.74) is 1.04. The van der Waals surface area contributed by atoms with Crippen molar-refractivity contribution < 1.29 is 18.0 Å². The highest BCUT2D eigenvalue weighted by molar-refractivity contribution is 7.18. The number of benzene rings is 2. The normalized spacial score (nSPS) is 12.7. The van der Waals surface area contributed by atoms with E-state index in [2.05, 4.69) is 25.8 Å². The summed E-state index contributed by atoms with van der Waals surface area (Å²) in [5, 5.41) is 14.2. The minimum atomic E-state index is -4.54. The van der Waals surface area contributed by atoms with Crippen molar-refractivity contribution in [1.82, 2.24) is 10.2 Å². The van der Waals surface area contributed by atoms with Crippen molar-refractivity contribution in [3.05, 3.63) is 53.1 Å². The molecule has 0 saturated carbocycles. The van der Waals surface area contributed by atoms with Crippen molar-refractivity contribution in [2.45, 2.75) is 19.6 Å². The predicted molar refractivity (Wildman–Crippen MR) is 106 cm³/mol. The summed E-state index contributed by atoms with van der Waals surface area (Å²) in [6.07, 6.45) is -3.29. The molecule has 4 rings (SSSR count). The van der Waals surface area contributed by atoms with E-state index in [1.54, 1.807) is 30.3 Å². The number of alkyl halides is 3. The first-order chi connectivity index (χ1) is 13.8. The van der Waals surface area contributed by atoms with Crippen LogP contribution >= 0.6 is 11.3 Å². The number of hydrogen-bond acceptors (Lipinski definition) is 6. The maximum atomic E-state index is 13.7. The van der Waals surface area contributed by atoms with Gasteiger partial charge in [0.25, 0.3) is 0 Å². The second kappa shape index (κ2) is 7.28. The van der Waals surface area contributed by atoms with Crippen LogP contribution in [0, 0.1) is 0 Å². The molecule has 2 heterocycles. The van der Waals surface area contributed by atoms with E-state index in [1.807, 2.05) is 0 Å². The summed E-state index contributed by atoms with van der Waals surface area (Å²) >= 11 is 1.11. The van der Waals surface area contributed by atoms with Gasteiger partial charge in [0.15, 0.2) is 0 Å². The van der Waals surface area contributed by atoms with Crippen molar-refractivity contribution in [3.63, 3.8) is 0 Å². The number of fused-ring (bicyclic) bond motifs is 1. The molecule has 1 aliphatic heterocycles. The third kappa shape index (κ3) is 3.97. The minimum Gasteiger partial charge on any atom is -0.330 e. The summed E-state index contributed by atoms with van der Waals surface area (Å²) in [6.45, 7) is 1.64. The van der Waals surface area contributed by atoms with Gasteiger partial charge in [0, 0.05) is 30.0 Å². The average Bonchev–Trinajstić information content (AvgIpc) is 3.29. The molecule has 1 aliphatic rings. The fourth-order valence-electron chi connectivity index (χ4n) is 3.03. The first kappa shape index (κ1) is 19.1. The first-order valence-corrected chi connectivity index (χ1v) is 9.34. The Balaban J connectivity index is 1.64. The number of nitrogens with zero attached hydrogens (tertiary/aromatic N) is 3. The molecule has 0 spiro atoms. The van der Waals surface area contributed by atoms with Gasteiger partial charge in [0.05, 0.1) is 17.8 Å². The van der Waals surface area contributed by atoms with Gasteiger partial charge in [-0.2, -0.15) is 13.2 Å². The van der Waals surface area contributed by atoms with E-state index in [-0.39, 0.29) is 28.8 Å². The second-order valence-electron chi connectivity index (χ2n) is 6.33. The molecule has 6 nitrogen and oxygen atoms in total. The summed E-state index contributed by atoms with van der Waals surface area (Å²) in [4.78, 5) is 15.2. The summed E-state index contributed by atoms with van der Waals surface area (Å²) in [7, 11) is 0. The zero-order valence-corrected chi connectivity index (χ0v) is 15.9. The van der Waals surface area contributed by atoms with E-state index < -0.39 is 11.7 Å². The van der Waals surface area contributed by atoms with Gasteiger partial charge in [0.2, 0.25) is 11.0 Å². The monoisotopic (exact) mass is 417 g/mol. The Morgan fingerprint density at radius 1 is 1.17 bits per heavy atom. The van der Waals surface area contributed by atoms with Crippen molar-refractivity contribution in [2.24, 2.45) is 4.99 Å². The predicted octanol–water partition coefficient (Wildman–Crippen LogP) is 4.86. The lowest BCUT2D eigenvalue weighted by Crippen LogP contribution is -2.13. The number of aromatic nitrogens is 2. The lowest BCUT2D eigenvalue weighted by atomic mass is 10.0. The van der Waals surface area contributed by atoms with E-state index in [4.69, 9.17) is 0 Å². The van der Waals surface area contributed by atoms with Crippen LogP contribution in [-0.2, 0) is 17.5 Å². The van der Waals surface area contributed by atoms with Crippen LogP contribution in [0.5, 0.6) is 0 Å². The Hall–Kier alpha value is -3.27. The Morgan fingerprint density at radius 3 is 2.76 bits per heavy atom. The lowest BCUT2D eigenvalue weighted by molar-refractivity contribution is -0.137. The third-order valence-electron chi connectivity index (χ3n) is 4.20. The zero-order valence-electron chi connectivity index (χ0n) is 15.0. The number of hydrogen-bond donors (Lipinski definition) is 2. The van der Waals surface area contributed by atoms with E-state index in [9.17, 15) is 18.0 Å². The van der Waals surface area contributed by atoms with E-state index in [1.165, 1.54) is 19.2 Å². The molecule has 148 valence electrons. The van der Waals surface area contributed by atoms with E-state index in [0.717, 1.165) is 11.3 Å². The van der Waals surface area contributed by atoms with Gasteiger partial charge in [-0.15, -0.1) is 10.2 Å². The molecule has 1 aromatic heterocycles. The number of nitrogens with one attached hydrogen (secondary N) is 2. The van der Waals surface area contributed by atoms with Crippen LogP contribution in [0.15, 0.2) is 41.4 Å². The maximum absolute atomic E-state index is 13.7. The smallest absolute Gasteiger partial charge is 0.330 e. The molecule has 0 atom stereocenters. The van der Waals surface area contributed by atoms with Gasteiger partial charge in [-0.1, -0.05) is 29.5 Å². The molecule has 0 fully saturated rings. The van der Waals surface area contributed by atoms with E-state index in [0.29, 0.717) is 21.8 Å². The molecule has 0 unspecified atom stereocenters. The summed E-state index contributed by atoms with van der Waals surface area (Å²) < 4.78 is 41.0. The molecule has 0 bridgehead atoms. The van der Waals surface area contributed by atoms with Gasteiger partial charge >= 0.3 is 6.18 Å². The van der Waals surface area contributed by atoms with E-state index >= 15 is 0 Å². The molecule has 2 aromatic carbocycles. The molecule has 0 radical (unpaired) electrons. The largest absolute Gasteiger partial charge is 0.419 e. The molecule has 29 heavy (non-hydrogen) atoms. The van der Waals surface area contributed by atoms with Crippen LogP contribution in [0.1, 0.15) is 23.6 Å². The van der Waals surface area contributed by atoms with Crippen molar-refractivity contribution in [3.8, 4) is 10.6 Å². The quantitative estimate of drug-likeness (QED) is 0.636. The molecule has 0 aliphatic carbocycles. The van der Waals surface area contributed by atoms with Gasteiger partial charge < -0.3 is 10.6 Å². The van der Waals surface area contributed by atoms with Crippen LogP contribution in [0.4, 0.5) is 29.7 Å². The lowest BCUT2D eigenvalue weighted by Gasteiger charge is -2.16. The van der Waals surface area contributed by atoms with Crippen molar-refractivity contribution in [1.29, 1.82) is 0 Å². The SMILES string of the molecule is CC(=O)Nc1cccc(-c2nnc(Nc3ccc4c(c3C(F)(F)F)C=NC4)s2)c1. The number of carbonyl (C=O) groups is 1. The number of halogens is 3. The number of carbonyl (C=O) groups excluding carboxylic acids is 1. The van der Waals surface area contributed by atoms with Crippen LogP contribution in [0.2, 0.25) is 0 Å². The Bertz CT molecular complexity index is 1120. The minimum absolute atomic E-state index is 0.0789. The third-order valence-corrected chi connectivity index (χ3v) is 5.09. The number of aliphatic imine (C=N–C) groups is 1. The average molecular weight is 417 g/mol. The van der Waals surface area contributed by atoms with Crippen LogP contribution in [0.3, 0.4) is 0 Å². The fraction of sp³-hybridized carbons (Fsp3) is 0.158. The number of amides is 1. The van der Waals surface area contributed by atoms with Gasteiger partial charge in [0.1, 0.15) is 5.01 Å². The second-order valence-corrected chi connectivity index (χ2v) is 7.31. The molecular formula is C19H14F3N5OS. The maximum Gasteiger partial charge on any atom is 0.419 e. The molecule has 10 heteroatoms. The molecule has 3 aromatic rings. The van der Waals surface area contributed by atoms with Crippen LogP contribution in [0.25, 0.3) is 10.6 Å². The zero-order chi connectivity index (χ0) is 20.6. The van der Waals surface area contributed by atoms with Crippen LogP contribution < -0.4 is 10.6 Å². The first-order valence-electron chi connectivity index (χ1n) is 8.53. The number of anilines is 3. The topological polar surface area (TPSA) is 79.3 Å². The highest BCUT2D eigenvalue weighted by atomic mass is 32.1. The van der Waals surface area contributed by atoms with Crippen molar-refractivity contribution in [2.75, 3.05) is 10.6 Å². The Labute approximate surface area is 167 Å². The molecule has 0 saturated heterocycles. The fourth-order valence-corrected chi connectivity index (χ4v) is 3.78. The van der Waals surface area contributed by atoms with Crippen LogP contribution in [-0.4, -0.2) is 22.3 Å². The Morgan fingerprint density at radius 2 is 2.00 bits per heavy atom. The number of rotatable bonds is 4. The molecule has 1 amide bonds. The summed E-state index contributed by atoms with van der Waals surface area (Å²) in [5.74, 6) is -0.207. The van der Waals surface area contributed by atoms with Gasteiger partial charge in [-0.05, 0) is 23.8 Å². The van der Waals surface area contributed by atoms with Gasteiger partial charge in [-0.25, -0.2) is 0 Å².